The van der Waals surface area contributed by atoms with Gasteiger partial charge in [-0.1, -0.05) is 48.6 Å². The summed E-state index contributed by atoms with van der Waals surface area (Å²) in [6.07, 6.45) is 9.58. The number of rotatable bonds is 0. The summed E-state index contributed by atoms with van der Waals surface area (Å²) in [7, 11) is 0. The van der Waals surface area contributed by atoms with Crippen LogP contribution in [0.5, 0.6) is 0 Å². The largest absolute Gasteiger partial charge is 0.147 e. The van der Waals surface area contributed by atoms with Crippen LogP contribution in [0, 0.1) is 0 Å². The molecule has 0 aromatic heterocycles. The van der Waals surface area contributed by atoms with Crippen molar-refractivity contribution in [3.63, 3.8) is 0 Å². The van der Waals surface area contributed by atoms with E-state index in [0.717, 1.165) is 6.42 Å². The van der Waals surface area contributed by atoms with Crippen molar-refractivity contribution in [3.8, 4) is 0 Å². The van der Waals surface area contributed by atoms with Crippen LogP contribution in [0.4, 0.5) is 0 Å². The Morgan fingerprint density at radius 1 is 1.00 bits per heavy atom. The molecule has 0 N–H and O–H groups in total. The number of benzene rings is 1. The maximum absolute atomic E-state index is 2.18. The molecule has 0 amide bonds. The molecule has 0 spiro atoms. The highest BCUT2D eigenvalue weighted by Gasteiger charge is 1.96. The molecule has 12 heavy (non-hydrogen) atoms. The summed E-state index contributed by atoms with van der Waals surface area (Å²) >= 11 is 0. The molecule has 0 saturated heterocycles. The standard InChI is InChI=1S/C11H10.ClH/c1-2-6-10-8-4-5-9-11(10)7-3-1;/h1-6,8-9H,7H2;1H. The minimum Gasteiger partial charge on any atom is -0.147 e. The average Bonchev–Trinajstić information content (AvgIpc) is 2.28. The van der Waals surface area contributed by atoms with Crippen LogP contribution in [0.25, 0.3) is 6.08 Å². The van der Waals surface area contributed by atoms with Crippen molar-refractivity contribution in [1.82, 2.24) is 0 Å². The molecule has 0 nitrogen and oxygen atoms in total. The van der Waals surface area contributed by atoms with E-state index >= 15 is 0 Å². The second-order valence-electron chi connectivity index (χ2n) is 2.69. The highest BCUT2D eigenvalue weighted by atomic mass is 35.5. The molecule has 0 aliphatic heterocycles. The average molecular weight is 179 g/mol. The highest BCUT2D eigenvalue weighted by Crippen LogP contribution is 2.14. The van der Waals surface area contributed by atoms with E-state index in [2.05, 4.69) is 48.6 Å². The molecule has 62 valence electrons. The first-order chi connectivity index (χ1) is 5.47. The molecular formula is C11H11Cl. The van der Waals surface area contributed by atoms with Gasteiger partial charge in [-0.15, -0.1) is 12.4 Å². The van der Waals surface area contributed by atoms with Crippen molar-refractivity contribution >= 4 is 18.5 Å². The molecule has 0 atom stereocenters. The number of hydrogen-bond acceptors (Lipinski definition) is 0. The van der Waals surface area contributed by atoms with Crippen LogP contribution in [0.3, 0.4) is 0 Å². The fourth-order valence-electron chi connectivity index (χ4n) is 1.32. The van der Waals surface area contributed by atoms with Gasteiger partial charge in [0.15, 0.2) is 0 Å². The summed E-state index contributed by atoms with van der Waals surface area (Å²) in [6, 6.07) is 8.49. The van der Waals surface area contributed by atoms with Gasteiger partial charge in [0.2, 0.25) is 0 Å². The molecular weight excluding hydrogens is 168 g/mol. The van der Waals surface area contributed by atoms with Crippen molar-refractivity contribution in [2.75, 3.05) is 0 Å². The first kappa shape index (κ1) is 9.08. The number of allylic oxidation sites excluding steroid dienone is 3. The smallest absolute Gasteiger partial charge is 0.00884 e. The van der Waals surface area contributed by atoms with E-state index in [0.29, 0.717) is 0 Å². The van der Waals surface area contributed by atoms with Crippen molar-refractivity contribution in [2.24, 2.45) is 0 Å². The second kappa shape index (κ2) is 4.13. The third kappa shape index (κ3) is 1.77. The van der Waals surface area contributed by atoms with Crippen LogP contribution in [0.2, 0.25) is 0 Å². The number of hydrogen-bond donors (Lipinski definition) is 0. The van der Waals surface area contributed by atoms with Crippen LogP contribution in [0.15, 0.2) is 42.5 Å². The van der Waals surface area contributed by atoms with Crippen molar-refractivity contribution in [3.05, 3.63) is 53.6 Å². The van der Waals surface area contributed by atoms with Crippen molar-refractivity contribution in [2.45, 2.75) is 6.42 Å². The quantitative estimate of drug-likeness (QED) is 0.572. The maximum Gasteiger partial charge on any atom is -0.00884 e. The minimum atomic E-state index is 0. The molecule has 0 heterocycles. The van der Waals surface area contributed by atoms with Crippen molar-refractivity contribution < 1.29 is 0 Å². The maximum atomic E-state index is 2.18. The first-order valence-corrected chi connectivity index (χ1v) is 3.88. The van der Waals surface area contributed by atoms with Gasteiger partial charge in [-0.3, -0.25) is 0 Å². The first-order valence-electron chi connectivity index (χ1n) is 3.88. The lowest BCUT2D eigenvalue weighted by Gasteiger charge is -1.99. The van der Waals surface area contributed by atoms with Gasteiger partial charge in [0, 0.05) is 0 Å². The third-order valence-corrected chi connectivity index (χ3v) is 1.92. The van der Waals surface area contributed by atoms with Gasteiger partial charge in [-0.25, -0.2) is 0 Å². The van der Waals surface area contributed by atoms with Gasteiger partial charge in [0.1, 0.15) is 0 Å². The van der Waals surface area contributed by atoms with E-state index in [1.165, 1.54) is 11.1 Å². The molecule has 0 unspecified atom stereocenters. The van der Waals surface area contributed by atoms with Gasteiger partial charge >= 0.3 is 0 Å². The predicted octanol–water partition coefficient (Wildman–Crippen LogP) is 3.23. The molecule has 0 radical (unpaired) electrons. The Bertz CT molecular complexity index is 311. The number of fused-ring (bicyclic) bond motifs is 1. The lowest BCUT2D eigenvalue weighted by Crippen LogP contribution is -1.83. The van der Waals surface area contributed by atoms with E-state index in [4.69, 9.17) is 0 Å². The zero-order chi connectivity index (χ0) is 7.52. The van der Waals surface area contributed by atoms with E-state index < -0.39 is 0 Å². The van der Waals surface area contributed by atoms with E-state index in [9.17, 15) is 0 Å². The summed E-state index contributed by atoms with van der Waals surface area (Å²) in [5.74, 6) is 0. The molecule has 1 aliphatic carbocycles. The molecule has 0 fully saturated rings. The fraction of sp³-hybridized carbons (Fsp3) is 0.0909. The SMILES string of the molecule is C1=CCc2ccccc2C=C1.Cl. The second-order valence-corrected chi connectivity index (χ2v) is 2.69. The van der Waals surface area contributed by atoms with E-state index in [-0.39, 0.29) is 12.4 Å². The summed E-state index contributed by atoms with van der Waals surface area (Å²) in [5.41, 5.74) is 2.76. The monoisotopic (exact) mass is 178 g/mol. The molecule has 1 heteroatoms. The molecule has 1 aliphatic rings. The molecule has 1 aromatic carbocycles. The third-order valence-electron chi connectivity index (χ3n) is 1.92. The lowest BCUT2D eigenvalue weighted by atomic mass is 10.1. The Hall–Kier alpha value is -1.01. The van der Waals surface area contributed by atoms with Gasteiger partial charge in [0.05, 0.1) is 0 Å². The van der Waals surface area contributed by atoms with Crippen LogP contribution < -0.4 is 0 Å². The molecule has 2 rings (SSSR count). The Labute approximate surface area is 79.0 Å². The highest BCUT2D eigenvalue weighted by molar-refractivity contribution is 5.85. The summed E-state index contributed by atoms with van der Waals surface area (Å²) in [5, 5.41) is 0. The van der Waals surface area contributed by atoms with Gasteiger partial charge in [0.25, 0.3) is 0 Å². The Kier molecular flexibility index (Phi) is 3.12. The van der Waals surface area contributed by atoms with Gasteiger partial charge in [-0.2, -0.15) is 0 Å². The number of halogens is 1. The van der Waals surface area contributed by atoms with E-state index in [1.807, 2.05) is 0 Å². The zero-order valence-electron chi connectivity index (χ0n) is 6.73. The topological polar surface area (TPSA) is 0 Å². The van der Waals surface area contributed by atoms with Crippen LogP contribution >= 0.6 is 12.4 Å². The van der Waals surface area contributed by atoms with Crippen LogP contribution in [-0.4, -0.2) is 0 Å². The zero-order valence-corrected chi connectivity index (χ0v) is 7.55. The summed E-state index contributed by atoms with van der Waals surface area (Å²) in [6.45, 7) is 0. The summed E-state index contributed by atoms with van der Waals surface area (Å²) in [4.78, 5) is 0. The Morgan fingerprint density at radius 2 is 1.83 bits per heavy atom. The van der Waals surface area contributed by atoms with Crippen LogP contribution in [-0.2, 0) is 6.42 Å². The lowest BCUT2D eigenvalue weighted by molar-refractivity contribution is 1.27. The molecule has 0 bridgehead atoms. The fourth-order valence-corrected chi connectivity index (χ4v) is 1.32. The van der Waals surface area contributed by atoms with Gasteiger partial charge < -0.3 is 0 Å². The van der Waals surface area contributed by atoms with Gasteiger partial charge in [-0.05, 0) is 17.5 Å². The van der Waals surface area contributed by atoms with E-state index in [1.54, 1.807) is 0 Å². The summed E-state index contributed by atoms with van der Waals surface area (Å²) < 4.78 is 0. The Balaban J connectivity index is 0.000000720. The van der Waals surface area contributed by atoms with Crippen molar-refractivity contribution in [1.29, 1.82) is 0 Å². The van der Waals surface area contributed by atoms with Crippen LogP contribution in [0.1, 0.15) is 11.1 Å². The predicted molar refractivity (Wildman–Crippen MR) is 55.6 cm³/mol. The molecule has 0 saturated carbocycles. The molecule has 1 aromatic rings. The Morgan fingerprint density at radius 3 is 2.75 bits per heavy atom. The minimum absolute atomic E-state index is 0. The normalized spacial score (nSPS) is 13.0.